The molecule has 0 bridgehead atoms. The van der Waals surface area contributed by atoms with Crippen molar-refractivity contribution in [3.05, 3.63) is 28.7 Å². The highest BCUT2D eigenvalue weighted by Gasteiger charge is 2.35. The molecule has 0 atom stereocenters. The van der Waals surface area contributed by atoms with Crippen LogP contribution in [0.2, 0.25) is 0 Å². The van der Waals surface area contributed by atoms with Gasteiger partial charge in [0.1, 0.15) is 17.0 Å². The van der Waals surface area contributed by atoms with E-state index in [9.17, 15) is 4.79 Å². The fraction of sp³-hybridized carbons (Fsp3) is 0.588. The number of carbonyl (C=O) groups is 1. The molecule has 1 aromatic rings. The highest BCUT2D eigenvalue weighted by molar-refractivity contribution is 9.10. The second-order valence-corrected chi connectivity index (χ2v) is 7.89. The summed E-state index contributed by atoms with van der Waals surface area (Å²) in [6, 6.07) is 7.84. The molecule has 0 saturated carbocycles. The van der Waals surface area contributed by atoms with Gasteiger partial charge in [-0.15, -0.1) is 0 Å². The van der Waals surface area contributed by atoms with Gasteiger partial charge in [0.25, 0.3) is 0 Å². The predicted molar refractivity (Wildman–Crippen MR) is 90.2 cm³/mol. The van der Waals surface area contributed by atoms with Gasteiger partial charge in [0.2, 0.25) is 0 Å². The first-order valence-corrected chi connectivity index (χ1v) is 8.39. The van der Waals surface area contributed by atoms with Crippen molar-refractivity contribution < 1.29 is 14.3 Å². The fourth-order valence-electron chi connectivity index (χ4n) is 2.38. The fourth-order valence-corrected chi connectivity index (χ4v) is 2.64. The molecule has 0 spiro atoms. The third-order valence-corrected chi connectivity index (χ3v) is 4.18. The summed E-state index contributed by atoms with van der Waals surface area (Å²) in [4.78, 5) is 13.8. The molecule has 22 heavy (non-hydrogen) atoms. The van der Waals surface area contributed by atoms with E-state index in [1.54, 1.807) is 4.90 Å². The molecule has 1 heterocycles. The number of carbonyl (C=O) groups excluding carboxylic acids is 1. The minimum absolute atomic E-state index is 0.238. The summed E-state index contributed by atoms with van der Waals surface area (Å²) < 4.78 is 12.6. The topological polar surface area (TPSA) is 38.8 Å². The van der Waals surface area contributed by atoms with Gasteiger partial charge in [-0.2, -0.15) is 0 Å². The lowest BCUT2D eigenvalue weighted by Crippen LogP contribution is -2.49. The first kappa shape index (κ1) is 17.1. The van der Waals surface area contributed by atoms with Crippen LogP contribution in [0.4, 0.5) is 4.79 Å². The van der Waals surface area contributed by atoms with E-state index in [-0.39, 0.29) is 11.7 Å². The molecule has 5 heteroatoms. The number of hydrogen-bond acceptors (Lipinski definition) is 3. The Kier molecular flexibility index (Phi) is 5.05. The SMILES string of the molecule is CC(C)(C)OC(=O)N1CCC(C)(Oc2ccc(Br)cc2)CC1. The second-order valence-electron chi connectivity index (χ2n) is 6.97. The Morgan fingerprint density at radius 1 is 1.18 bits per heavy atom. The van der Waals surface area contributed by atoms with Crippen LogP contribution in [0.5, 0.6) is 5.75 Å². The number of amides is 1. The van der Waals surface area contributed by atoms with Crippen molar-refractivity contribution in [1.29, 1.82) is 0 Å². The molecule has 0 aliphatic carbocycles. The number of benzene rings is 1. The highest BCUT2D eigenvalue weighted by Crippen LogP contribution is 2.29. The van der Waals surface area contributed by atoms with Gasteiger partial charge >= 0.3 is 6.09 Å². The molecule has 0 radical (unpaired) electrons. The highest BCUT2D eigenvalue weighted by atomic mass is 79.9. The molecule has 0 unspecified atom stereocenters. The molecule has 2 rings (SSSR count). The molecule has 0 N–H and O–H groups in total. The molecule has 1 amide bonds. The average Bonchev–Trinajstić information content (AvgIpc) is 2.40. The van der Waals surface area contributed by atoms with Gasteiger partial charge < -0.3 is 14.4 Å². The maximum Gasteiger partial charge on any atom is 0.410 e. The van der Waals surface area contributed by atoms with Crippen LogP contribution in [0.15, 0.2) is 28.7 Å². The number of rotatable bonds is 2. The lowest BCUT2D eigenvalue weighted by Gasteiger charge is -2.39. The van der Waals surface area contributed by atoms with Crippen molar-refractivity contribution in [3.63, 3.8) is 0 Å². The van der Waals surface area contributed by atoms with Crippen LogP contribution in [0, 0.1) is 0 Å². The molecular formula is C17H24BrNO3. The largest absolute Gasteiger partial charge is 0.487 e. The molecule has 0 aromatic heterocycles. The smallest absolute Gasteiger partial charge is 0.410 e. The summed E-state index contributed by atoms with van der Waals surface area (Å²) in [6.07, 6.45) is 1.35. The van der Waals surface area contributed by atoms with E-state index in [0.717, 1.165) is 23.1 Å². The van der Waals surface area contributed by atoms with Crippen molar-refractivity contribution in [2.24, 2.45) is 0 Å². The molecular weight excluding hydrogens is 346 g/mol. The van der Waals surface area contributed by atoms with Crippen LogP contribution in [0.3, 0.4) is 0 Å². The van der Waals surface area contributed by atoms with Crippen LogP contribution >= 0.6 is 15.9 Å². The van der Waals surface area contributed by atoms with Gasteiger partial charge in [0.15, 0.2) is 0 Å². The van der Waals surface area contributed by atoms with Crippen molar-refractivity contribution in [1.82, 2.24) is 4.90 Å². The van der Waals surface area contributed by atoms with Crippen LogP contribution in [-0.4, -0.2) is 35.3 Å². The maximum atomic E-state index is 12.1. The summed E-state index contributed by atoms with van der Waals surface area (Å²) >= 11 is 3.42. The van der Waals surface area contributed by atoms with Gasteiger partial charge in [-0.05, 0) is 52.0 Å². The Balaban J connectivity index is 1.90. The number of hydrogen-bond donors (Lipinski definition) is 0. The third-order valence-electron chi connectivity index (χ3n) is 3.65. The number of piperidine rings is 1. The average molecular weight is 370 g/mol. The quantitative estimate of drug-likeness (QED) is 0.763. The minimum Gasteiger partial charge on any atom is -0.487 e. The monoisotopic (exact) mass is 369 g/mol. The van der Waals surface area contributed by atoms with E-state index in [1.165, 1.54) is 0 Å². The molecule has 1 fully saturated rings. The first-order chi connectivity index (χ1) is 10.2. The Morgan fingerprint density at radius 3 is 2.23 bits per heavy atom. The van der Waals surface area contributed by atoms with Crippen molar-refractivity contribution in [3.8, 4) is 5.75 Å². The summed E-state index contributed by atoms with van der Waals surface area (Å²) in [5.41, 5.74) is -0.696. The lowest BCUT2D eigenvalue weighted by atomic mass is 9.93. The number of likely N-dealkylation sites (tertiary alicyclic amines) is 1. The number of halogens is 1. The van der Waals surface area contributed by atoms with Crippen molar-refractivity contribution in [2.75, 3.05) is 13.1 Å². The Hall–Kier alpha value is -1.23. The first-order valence-electron chi connectivity index (χ1n) is 7.59. The third kappa shape index (κ3) is 4.90. The summed E-state index contributed by atoms with van der Waals surface area (Å²) in [6.45, 7) is 9.06. The van der Waals surface area contributed by atoms with E-state index in [1.807, 2.05) is 45.0 Å². The minimum atomic E-state index is -0.453. The molecule has 4 nitrogen and oxygen atoms in total. The zero-order chi connectivity index (χ0) is 16.4. The molecule has 1 aliphatic heterocycles. The van der Waals surface area contributed by atoms with Gasteiger partial charge in [-0.3, -0.25) is 0 Å². The molecule has 1 saturated heterocycles. The Bertz CT molecular complexity index is 514. The molecule has 1 aromatic carbocycles. The van der Waals surface area contributed by atoms with E-state index in [4.69, 9.17) is 9.47 Å². The summed E-state index contributed by atoms with van der Waals surface area (Å²) in [7, 11) is 0. The van der Waals surface area contributed by atoms with E-state index >= 15 is 0 Å². The zero-order valence-corrected chi connectivity index (χ0v) is 15.3. The van der Waals surface area contributed by atoms with Crippen LogP contribution < -0.4 is 4.74 Å². The van der Waals surface area contributed by atoms with Gasteiger partial charge in [0, 0.05) is 30.4 Å². The zero-order valence-electron chi connectivity index (χ0n) is 13.7. The second kappa shape index (κ2) is 6.49. The van der Waals surface area contributed by atoms with Gasteiger partial charge in [-0.1, -0.05) is 15.9 Å². The number of ether oxygens (including phenoxy) is 2. The van der Waals surface area contributed by atoms with Crippen LogP contribution in [0.25, 0.3) is 0 Å². The number of nitrogens with zero attached hydrogens (tertiary/aromatic N) is 1. The molecule has 1 aliphatic rings. The molecule has 122 valence electrons. The van der Waals surface area contributed by atoms with E-state index < -0.39 is 5.60 Å². The Labute approximate surface area is 140 Å². The van der Waals surface area contributed by atoms with Gasteiger partial charge in [-0.25, -0.2) is 4.79 Å². The predicted octanol–water partition coefficient (Wildman–Crippen LogP) is 4.62. The van der Waals surface area contributed by atoms with E-state index in [2.05, 4.69) is 22.9 Å². The lowest BCUT2D eigenvalue weighted by molar-refractivity contribution is -0.00981. The maximum absolute atomic E-state index is 12.1. The van der Waals surface area contributed by atoms with Gasteiger partial charge in [0.05, 0.1) is 0 Å². The van der Waals surface area contributed by atoms with Crippen molar-refractivity contribution >= 4 is 22.0 Å². The van der Waals surface area contributed by atoms with E-state index in [0.29, 0.717) is 13.1 Å². The van der Waals surface area contributed by atoms with Crippen LogP contribution in [0.1, 0.15) is 40.5 Å². The van der Waals surface area contributed by atoms with Crippen LogP contribution in [-0.2, 0) is 4.74 Å². The normalized spacial score (nSPS) is 18.0. The Morgan fingerprint density at radius 2 is 1.73 bits per heavy atom. The standard InChI is InChI=1S/C17H24BrNO3/c1-16(2,3)22-15(20)19-11-9-17(4,10-12-19)21-14-7-5-13(18)6-8-14/h5-8H,9-12H2,1-4H3. The summed E-state index contributed by atoms with van der Waals surface area (Å²) in [5.74, 6) is 0.858. The van der Waals surface area contributed by atoms with Crippen molar-refractivity contribution in [2.45, 2.75) is 51.7 Å². The summed E-state index contributed by atoms with van der Waals surface area (Å²) in [5, 5.41) is 0.